The van der Waals surface area contributed by atoms with E-state index in [0.29, 0.717) is 0 Å². The first kappa shape index (κ1) is 20.3. The molecular weight excluding hydrogens is 356 g/mol. The molecule has 1 aliphatic heterocycles. The van der Waals surface area contributed by atoms with Crippen LogP contribution in [-0.2, 0) is 0 Å². The minimum absolute atomic E-state index is 0.0183. The van der Waals surface area contributed by atoms with Gasteiger partial charge in [-0.3, -0.25) is 4.90 Å². The molecule has 28 heavy (non-hydrogen) atoms. The van der Waals surface area contributed by atoms with Crippen molar-refractivity contribution in [2.24, 2.45) is 0 Å². The Balaban J connectivity index is 2.13. The normalized spacial score (nSPS) is 16.1. The maximum absolute atomic E-state index is 5.77. The topological polar surface area (TPSA) is 52.2 Å². The quantitative estimate of drug-likeness (QED) is 0.789. The average molecular weight is 386 g/mol. The summed E-state index contributed by atoms with van der Waals surface area (Å²) in [6, 6.07) is 12.2. The Morgan fingerprint density at radius 3 is 2.32 bits per heavy atom. The molecule has 0 bridgehead atoms. The molecule has 0 spiro atoms. The third-order valence-electron chi connectivity index (χ3n) is 5.19. The van der Waals surface area contributed by atoms with Gasteiger partial charge in [-0.25, -0.2) is 0 Å². The second kappa shape index (κ2) is 9.66. The molecule has 1 unspecified atom stereocenters. The third-order valence-corrected chi connectivity index (χ3v) is 5.19. The predicted octanol–water partition coefficient (Wildman–Crippen LogP) is 3.11. The molecule has 1 fully saturated rings. The van der Waals surface area contributed by atoms with Gasteiger partial charge in [0.2, 0.25) is 0 Å². The highest BCUT2D eigenvalue weighted by molar-refractivity contribution is 5.53. The lowest BCUT2D eigenvalue weighted by Crippen LogP contribution is -2.33. The van der Waals surface area contributed by atoms with E-state index in [-0.39, 0.29) is 6.04 Å². The van der Waals surface area contributed by atoms with Crippen LogP contribution in [0, 0.1) is 0 Å². The van der Waals surface area contributed by atoms with Crippen LogP contribution in [0.3, 0.4) is 0 Å². The number of ether oxygens (including phenoxy) is 4. The summed E-state index contributed by atoms with van der Waals surface area (Å²) in [4.78, 5) is 2.48. The number of hydrogen-bond donors (Lipinski definition) is 1. The number of para-hydroxylation sites is 1. The Hall–Kier alpha value is -2.44. The van der Waals surface area contributed by atoms with Crippen molar-refractivity contribution in [1.82, 2.24) is 10.2 Å². The van der Waals surface area contributed by atoms with Gasteiger partial charge in [0.25, 0.3) is 0 Å². The van der Waals surface area contributed by atoms with E-state index in [9.17, 15) is 0 Å². The molecule has 0 aromatic heterocycles. The second-order valence-electron chi connectivity index (χ2n) is 6.74. The highest BCUT2D eigenvalue weighted by Crippen LogP contribution is 2.42. The van der Waals surface area contributed by atoms with E-state index in [0.717, 1.165) is 66.7 Å². The standard InChI is InChI=1S/C22H30N2O4/c1-25-18-10-9-16(15-20(18)27-3)21(24-13-6-11-23-12-14-24)17-7-5-8-19(26-2)22(17)28-4/h5,7-10,15,21,23H,6,11-14H2,1-4H3. The third kappa shape index (κ3) is 4.18. The summed E-state index contributed by atoms with van der Waals surface area (Å²) < 4.78 is 22.3. The lowest BCUT2D eigenvalue weighted by atomic mass is 9.95. The molecule has 6 nitrogen and oxygen atoms in total. The molecule has 1 atom stereocenters. The summed E-state index contributed by atoms with van der Waals surface area (Å²) in [6.07, 6.45) is 1.09. The molecule has 0 amide bonds. The van der Waals surface area contributed by atoms with Crippen molar-refractivity contribution in [2.75, 3.05) is 54.6 Å². The molecule has 0 aliphatic carbocycles. The van der Waals surface area contributed by atoms with Crippen molar-refractivity contribution in [3.63, 3.8) is 0 Å². The summed E-state index contributed by atoms with van der Waals surface area (Å²) in [7, 11) is 6.68. The van der Waals surface area contributed by atoms with Crippen molar-refractivity contribution in [2.45, 2.75) is 12.5 Å². The van der Waals surface area contributed by atoms with E-state index in [2.05, 4.69) is 28.4 Å². The fourth-order valence-electron chi connectivity index (χ4n) is 3.86. The minimum atomic E-state index is 0.0183. The summed E-state index contributed by atoms with van der Waals surface area (Å²) in [5.74, 6) is 2.94. The van der Waals surface area contributed by atoms with E-state index in [1.54, 1.807) is 28.4 Å². The number of benzene rings is 2. The van der Waals surface area contributed by atoms with Crippen molar-refractivity contribution in [1.29, 1.82) is 0 Å². The van der Waals surface area contributed by atoms with Crippen LogP contribution in [0.1, 0.15) is 23.6 Å². The first-order valence-corrected chi connectivity index (χ1v) is 9.61. The van der Waals surface area contributed by atoms with E-state index in [4.69, 9.17) is 18.9 Å². The SMILES string of the molecule is COc1ccc(C(c2cccc(OC)c2OC)N2CCCNCC2)cc1OC. The van der Waals surface area contributed by atoms with Gasteiger partial charge in [0.05, 0.1) is 34.5 Å². The van der Waals surface area contributed by atoms with Gasteiger partial charge in [-0.05, 0) is 36.7 Å². The van der Waals surface area contributed by atoms with Gasteiger partial charge in [0.15, 0.2) is 23.0 Å². The van der Waals surface area contributed by atoms with Gasteiger partial charge >= 0.3 is 0 Å². The molecule has 3 rings (SSSR count). The van der Waals surface area contributed by atoms with E-state index < -0.39 is 0 Å². The van der Waals surface area contributed by atoms with Gasteiger partial charge in [-0.15, -0.1) is 0 Å². The molecule has 6 heteroatoms. The van der Waals surface area contributed by atoms with Gasteiger partial charge in [-0.1, -0.05) is 18.2 Å². The van der Waals surface area contributed by atoms with Crippen LogP contribution >= 0.6 is 0 Å². The Morgan fingerprint density at radius 1 is 0.821 bits per heavy atom. The van der Waals surface area contributed by atoms with Crippen molar-refractivity contribution < 1.29 is 18.9 Å². The number of rotatable bonds is 7. The van der Waals surface area contributed by atoms with Crippen molar-refractivity contribution >= 4 is 0 Å². The fourth-order valence-corrected chi connectivity index (χ4v) is 3.86. The second-order valence-corrected chi connectivity index (χ2v) is 6.74. The van der Waals surface area contributed by atoms with Crippen LogP contribution in [0.2, 0.25) is 0 Å². The zero-order chi connectivity index (χ0) is 19.9. The molecule has 0 radical (unpaired) electrons. The number of hydrogen-bond acceptors (Lipinski definition) is 6. The monoisotopic (exact) mass is 386 g/mol. The predicted molar refractivity (Wildman–Crippen MR) is 110 cm³/mol. The van der Waals surface area contributed by atoms with E-state index in [1.807, 2.05) is 18.2 Å². The zero-order valence-corrected chi connectivity index (χ0v) is 17.2. The summed E-state index contributed by atoms with van der Waals surface area (Å²) in [6.45, 7) is 3.92. The van der Waals surface area contributed by atoms with Crippen LogP contribution < -0.4 is 24.3 Å². The summed E-state index contributed by atoms with van der Waals surface area (Å²) >= 11 is 0. The first-order valence-electron chi connectivity index (χ1n) is 9.61. The molecule has 2 aromatic rings. The lowest BCUT2D eigenvalue weighted by molar-refractivity contribution is 0.234. The van der Waals surface area contributed by atoms with E-state index >= 15 is 0 Å². The molecular formula is C22H30N2O4. The maximum atomic E-state index is 5.77. The van der Waals surface area contributed by atoms with Gasteiger partial charge in [-0.2, -0.15) is 0 Å². The van der Waals surface area contributed by atoms with Gasteiger partial charge in [0.1, 0.15) is 0 Å². The van der Waals surface area contributed by atoms with Gasteiger partial charge < -0.3 is 24.3 Å². The Kier molecular flexibility index (Phi) is 7.01. The maximum Gasteiger partial charge on any atom is 0.165 e. The Morgan fingerprint density at radius 2 is 1.61 bits per heavy atom. The van der Waals surface area contributed by atoms with Crippen LogP contribution in [-0.4, -0.2) is 59.5 Å². The molecule has 2 aromatic carbocycles. The number of nitrogens with one attached hydrogen (secondary N) is 1. The Bertz CT molecular complexity index is 773. The van der Waals surface area contributed by atoms with Crippen molar-refractivity contribution in [3.8, 4) is 23.0 Å². The molecule has 1 N–H and O–H groups in total. The molecule has 1 saturated heterocycles. The largest absolute Gasteiger partial charge is 0.493 e. The zero-order valence-electron chi connectivity index (χ0n) is 17.2. The summed E-state index contributed by atoms with van der Waals surface area (Å²) in [5, 5.41) is 3.48. The average Bonchev–Trinajstić information content (AvgIpc) is 3.02. The highest BCUT2D eigenvalue weighted by atomic mass is 16.5. The van der Waals surface area contributed by atoms with Crippen LogP contribution in [0.4, 0.5) is 0 Å². The van der Waals surface area contributed by atoms with Crippen LogP contribution in [0.15, 0.2) is 36.4 Å². The lowest BCUT2D eigenvalue weighted by Gasteiger charge is -2.32. The smallest absolute Gasteiger partial charge is 0.165 e. The molecule has 1 heterocycles. The first-order chi connectivity index (χ1) is 13.7. The van der Waals surface area contributed by atoms with Crippen LogP contribution in [0.5, 0.6) is 23.0 Å². The van der Waals surface area contributed by atoms with Crippen molar-refractivity contribution in [3.05, 3.63) is 47.5 Å². The molecule has 1 aliphatic rings. The summed E-state index contributed by atoms with van der Waals surface area (Å²) in [5.41, 5.74) is 2.21. The highest BCUT2D eigenvalue weighted by Gasteiger charge is 2.28. The minimum Gasteiger partial charge on any atom is -0.493 e. The fraction of sp³-hybridized carbons (Fsp3) is 0.455. The van der Waals surface area contributed by atoms with Crippen LogP contribution in [0.25, 0.3) is 0 Å². The number of methoxy groups -OCH3 is 4. The molecule has 152 valence electrons. The molecule has 0 saturated carbocycles. The Labute approximate surface area is 167 Å². The van der Waals surface area contributed by atoms with E-state index in [1.165, 1.54) is 0 Å². The van der Waals surface area contributed by atoms with Gasteiger partial charge in [0, 0.05) is 25.2 Å². The number of nitrogens with zero attached hydrogens (tertiary/aromatic N) is 1.